The van der Waals surface area contributed by atoms with E-state index in [2.05, 4.69) is 26.2 Å². The van der Waals surface area contributed by atoms with Crippen molar-refractivity contribution < 1.29 is 9.18 Å². The molecular formula is C13H7BrFN3O. The molecule has 0 unspecified atom stereocenters. The predicted octanol–water partition coefficient (Wildman–Crippen LogP) is 3.11. The van der Waals surface area contributed by atoms with Gasteiger partial charge in [0, 0.05) is 22.3 Å². The van der Waals surface area contributed by atoms with E-state index in [9.17, 15) is 9.18 Å². The molecule has 0 fully saturated rings. The Morgan fingerprint density at radius 1 is 1.37 bits per heavy atom. The van der Waals surface area contributed by atoms with Crippen molar-refractivity contribution in [2.24, 2.45) is 0 Å². The molecule has 94 valence electrons. The molecule has 0 aliphatic heterocycles. The molecule has 1 heterocycles. The summed E-state index contributed by atoms with van der Waals surface area (Å²) in [5.41, 5.74) is 1.14. The van der Waals surface area contributed by atoms with E-state index in [1.54, 1.807) is 18.2 Å². The fraction of sp³-hybridized carbons (Fsp3) is 0. The number of nitrogens with zero attached hydrogens (tertiary/aromatic N) is 2. The molecule has 0 aliphatic carbocycles. The summed E-state index contributed by atoms with van der Waals surface area (Å²) in [4.78, 5) is 15.3. The second-order valence-electron chi connectivity index (χ2n) is 3.63. The quantitative estimate of drug-likeness (QED) is 0.865. The van der Waals surface area contributed by atoms with Crippen molar-refractivity contribution in [2.75, 3.05) is 5.32 Å². The normalized spacial score (nSPS) is 9.74. The van der Waals surface area contributed by atoms with Gasteiger partial charge in [0.25, 0.3) is 5.91 Å². The minimum atomic E-state index is -0.716. The third-order valence-electron chi connectivity index (χ3n) is 2.34. The summed E-state index contributed by atoms with van der Waals surface area (Å²) in [6.45, 7) is 0. The number of benzene rings is 1. The van der Waals surface area contributed by atoms with Crippen molar-refractivity contribution in [3.63, 3.8) is 0 Å². The van der Waals surface area contributed by atoms with Crippen LogP contribution in [-0.2, 0) is 0 Å². The zero-order valence-corrected chi connectivity index (χ0v) is 11.1. The lowest BCUT2D eigenvalue weighted by Gasteiger charge is -2.07. The minimum absolute atomic E-state index is 0.170. The smallest absolute Gasteiger partial charge is 0.255 e. The summed E-state index contributed by atoms with van der Waals surface area (Å²) in [5, 5.41) is 11.4. The lowest BCUT2D eigenvalue weighted by atomic mass is 10.2. The summed E-state index contributed by atoms with van der Waals surface area (Å²) in [6.07, 6.45) is 1.22. The van der Waals surface area contributed by atoms with Crippen molar-refractivity contribution in [3.05, 3.63) is 58.1 Å². The number of halogens is 2. The van der Waals surface area contributed by atoms with Crippen molar-refractivity contribution in [1.29, 1.82) is 5.26 Å². The van der Waals surface area contributed by atoms with Gasteiger partial charge in [-0.2, -0.15) is 9.65 Å². The van der Waals surface area contributed by atoms with Crippen molar-refractivity contribution in [1.82, 2.24) is 4.98 Å². The van der Waals surface area contributed by atoms with Gasteiger partial charge < -0.3 is 5.32 Å². The first-order chi connectivity index (χ1) is 9.10. The maximum atomic E-state index is 12.9. The van der Waals surface area contributed by atoms with Gasteiger partial charge in [-0.25, -0.2) is 4.98 Å². The van der Waals surface area contributed by atoms with Gasteiger partial charge in [-0.3, -0.25) is 4.79 Å². The zero-order chi connectivity index (χ0) is 13.8. The molecule has 0 saturated carbocycles. The van der Waals surface area contributed by atoms with Gasteiger partial charge in [0.15, 0.2) is 0 Å². The first-order valence-corrected chi connectivity index (χ1v) is 6.02. The number of nitrogens with one attached hydrogen (secondary N) is 1. The molecule has 2 rings (SSSR count). The Hall–Kier alpha value is -2.26. The number of aromatic nitrogens is 1. The molecule has 0 saturated heterocycles. The highest BCUT2D eigenvalue weighted by Crippen LogP contribution is 2.24. The number of carbonyl (C=O) groups excluding carboxylic acids is 1. The van der Waals surface area contributed by atoms with Crippen LogP contribution in [0.15, 0.2) is 41.0 Å². The summed E-state index contributed by atoms with van der Waals surface area (Å²) >= 11 is 3.25. The van der Waals surface area contributed by atoms with Gasteiger partial charge >= 0.3 is 0 Å². The summed E-state index contributed by atoms with van der Waals surface area (Å²) in [5.74, 6) is -1.17. The van der Waals surface area contributed by atoms with Crippen LogP contribution >= 0.6 is 15.9 Å². The molecule has 0 radical (unpaired) electrons. The number of nitriles is 1. The van der Waals surface area contributed by atoms with Gasteiger partial charge in [-0.1, -0.05) is 0 Å². The van der Waals surface area contributed by atoms with Gasteiger partial charge in [0.2, 0.25) is 5.95 Å². The lowest BCUT2D eigenvalue weighted by Crippen LogP contribution is -2.12. The van der Waals surface area contributed by atoms with E-state index in [0.717, 1.165) is 6.07 Å². The number of carbonyl (C=O) groups is 1. The SMILES string of the molecule is N#Cc1ccc(NC(=O)c2ccnc(F)c2)c(Br)c1. The Bertz CT molecular complexity index is 682. The van der Waals surface area contributed by atoms with Crippen LogP contribution in [-0.4, -0.2) is 10.9 Å². The second kappa shape index (κ2) is 5.59. The average molecular weight is 320 g/mol. The van der Waals surface area contributed by atoms with Crippen molar-refractivity contribution in [2.45, 2.75) is 0 Å². The van der Waals surface area contributed by atoms with Crippen LogP contribution in [0.1, 0.15) is 15.9 Å². The molecule has 0 spiro atoms. The van der Waals surface area contributed by atoms with Gasteiger partial charge in [0.1, 0.15) is 0 Å². The number of hydrogen-bond acceptors (Lipinski definition) is 3. The van der Waals surface area contributed by atoms with E-state index < -0.39 is 11.9 Å². The Morgan fingerprint density at radius 2 is 2.16 bits per heavy atom. The van der Waals surface area contributed by atoms with Gasteiger partial charge in [-0.05, 0) is 40.2 Å². The Labute approximate surface area is 117 Å². The molecular weight excluding hydrogens is 313 g/mol. The van der Waals surface area contributed by atoms with E-state index in [1.165, 1.54) is 12.3 Å². The van der Waals surface area contributed by atoms with Crippen LogP contribution in [0.5, 0.6) is 0 Å². The summed E-state index contributed by atoms with van der Waals surface area (Å²) < 4.78 is 13.5. The van der Waals surface area contributed by atoms with Crippen LogP contribution < -0.4 is 5.32 Å². The highest BCUT2D eigenvalue weighted by atomic mass is 79.9. The first kappa shape index (κ1) is 13.2. The Balaban J connectivity index is 2.22. The molecule has 0 atom stereocenters. The number of pyridine rings is 1. The number of hydrogen-bond donors (Lipinski definition) is 1. The lowest BCUT2D eigenvalue weighted by molar-refractivity contribution is 0.102. The monoisotopic (exact) mass is 319 g/mol. The largest absolute Gasteiger partial charge is 0.321 e. The van der Waals surface area contributed by atoms with Crippen molar-refractivity contribution >= 4 is 27.5 Å². The van der Waals surface area contributed by atoms with E-state index in [4.69, 9.17) is 5.26 Å². The highest BCUT2D eigenvalue weighted by Gasteiger charge is 2.09. The third-order valence-corrected chi connectivity index (χ3v) is 2.99. The molecule has 0 aliphatic rings. The zero-order valence-electron chi connectivity index (χ0n) is 9.52. The highest BCUT2D eigenvalue weighted by molar-refractivity contribution is 9.10. The van der Waals surface area contributed by atoms with E-state index in [1.807, 2.05) is 6.07 Å². The van der Waals surface area contributed by atoms with Crippen LogP contribution in [0.2, 0.25) is 0 Å². The fourth-order valence-corrected chi connectivity index (χ4v) is 1.90. The number of anilines is 1. The average Bonchev–Trinajstić information content (AvgIpc) is 2.41. The molecule has 2 aromatic rings. The van der Waals surface area contributed by atoms with Gasteiger partial charge in [0.05, 0.1) is 17.3 Å². The topological polar surface area (TPSA) is 65.8 Å². The molecule has 1 aromatic carbocycles. The molecule has 1 N–H and O–H groups in total. The maximum absolute atomic E-state index is 12.9. The van der Waals surface area contributed by atoms with E-state index in [0.29, 0.717) is 15.7 Å². The standard InChI is InChI=1S/C13H7BrFN3O/c14-10-5-8(7-16)1-2-11(10)18-13(19)9-3-4-17-12(15)6-9/h1-6H,(H,18,19). The van der Waals surface area contributed by atoms with Crippen LogP contribution in [0.3, 0.4) is 0 Å². The maximum Gasteiger partial charge on any atom is 0.255 e. The molecule has 4 nitrogen and oxygen atoms in total. The van der Waals surface area contributed by atoms with Crippen LogP contribution in [0.4, 0.5) is 10.1 Å². The van der Waals surface area contributed by atoms with Crippen LogP contribution in [0.25, 0.3) is 0 Å². The summed E-state index contributed by atoms with van der Waals surface area (Å²) in [6, 6.07) is 9.21. The Kier molecular flexibility index (Phi) is 3.88. The third kappa shape index (κ3) is 3.14. The van der Waals surface area contributed by atoms with E-state index in [-0.39, 0.29) is 5.56 Å². The molecule has 1 aromatic heterocycles. The molecule has 0 bridgehead atoms. The number of rotatable bonds is 2. The summed E-state index contributed by atoms with van der Waals surface area (Å²) in [7, 11) is 0. The first-order valence-electron chi connectivity index (χ1n) is 5.22. The predicted molar refractivity (Wildman–Crippen MR) is 71.0 cm³/mol. The minimum Gasteiger partial charge on any atom is -0.321 e. The molecule has 1 amide bonds. The molecule has 6 heteroatoms. The van der Waals surface area contributed by atoms with E-state index >= 15 is 0 Å². The Morgan fingerprint density at radius 3 is 2.79 bits per heavy atom. The fourth-order valence-electron chi connectivity index (χ4n) is 1.42. The second-order valence-corrected chi connectivity index (χ2v) is 4.48. The van der Waals surface area contributed by atoms with Crippen molar-refractivity contribution in [3.8, 4) is 6.07 Å². The molecule has 19 heavy (non-hydrogen) atoms. The van der Waals surface area contributed by atoms with Gasteiger partial charge in [-0.15, -0.1) is 0 Å². The number of amides is 1. The van der Waals surface area contributed by atoms with Crippen LogP contribution in [0, 0.1) is 17.3 Å².